The van der Waals surface area contributed by atoms with E-state index < -0.39 is 11.5 Å². The number of nitrogens with zero attached hydrogens (tertiary/aromatic N) is 2. The van der Waals surface area contributed by atoms with Crippen LogP contribution in [0.5, 0.6) is 0 Å². The molecule has 0 saturated heterocycles. The van der Waals surface area contributed by atoms with Crippen LogP contribution in [-0.4, -0.2) is 23.0 Å². The standard InChI is InChI=1S/C5H9N5O2/c1-7-4(11)3-5(12)10(6)8-9(3)2/h1-2H3,(H3-,6,7,8,11,12)/p+1. The third kappa shape index (κ3) is 1.04. The van der Waals surface area contributed by atoms with Gasteiger partial charge in [0.05, 0.1) is 0 Å². The van der Waals surface area contributed by atoms with Crippen LogP contribution < -0.4 is 21.4 Å². The number of hydrogen-bond donors (Lipinski definition) is 3. The smallest absolute Gasteiger partial charge is 0.352 e. The summed E-state index contributed by atoms with van der Waals surface area (Å²) in [5.74, 6) is 4.71. The normalized spacial score (nSPS) is 9.83. The molecule has 1 aromatic heterocycles. The lowest BCUT2D eigenvalue weighted by molar-refractivity contribution is -0.733. The predicted molar refractivity (Wildman–Crippen MR) is 39.8 cm³/mol. The van der Waals surface area contributed by atoms with Crippen molar-refractivity contribution in [1.29, 1.82) is 0 Å². The van der Waals surface area contributed by atoms with Gasteiger partial charge >= 0.3 is 17.2 Å². The molecule has 0 bridgehead atoms. The van der Waals surface area contributed by atoms with Crippen molar-refractivity contribution in [2.75, 3.05) is 12.9 Å². The first kappa shape index (κ1) is 8.31. The largest absolute Gasteiger partial charge is 0.429 e. The number of hydrogen-bond acceptors (Lipinski definition) is 3. The molecule has 0 unspecified atom stereocenters. The molecule has 0 atom stereocenters. The summed E-state index contributed by atoms with van der Waals surface area (Å²) in [6.45, 7) is 0. The highest BCUT2D eigenvalue weighted by molar-refractivity contribution is 5.90. The number of aromatic amines is 1. The summed E-state index contributed by atoms with van der Waals surface area (Å²) in [5, 5.41) is 4.76. The molecule has 1 rings (SSSR count). The molecule has 0 aliphatic carbocycles. The Hall–Kier alpha value is -1.79. The number of aromatic nitrogens is 3. The summed E-state index contributed by atoms with van der Waals surface area (Å²) in [6.07, 6.45) is 0. The molecule has 7 heteroatoms. The molecule has 0 aromatic carbocycles. The van der Waals surface area contributed by atoms with E-state index in [-0.39, 0.29) is 5.69 Å². The maximum absolute atomic E-state index is 11.1. The van der Waals surface area contributed by atoms with Crippen LogP contribution in [0, 0.1) is 0 Å². The summed E-state index contributed by atoms with van der Waals surface area (Å²) in [7, 11) is 2.96. The molecule has 0 aliphatic heterocycles. The van der Waals surface area contributed by atoms with Gasteiger partial charge in [-0.25, -0.2) is 10.6 Å². The van der Waals surface area contributed by atoms with Crippen molar-refractivity contribution < 1.29 is 9.48 Å². The van der Waals surface area contributed by atoms with Crippen LogP contribution in [0.15, 0.2) is 4.79 Å². The molecule has 7 nitrogen and oxygen atoms in total. The second kappa shape index (κ2) is 2.68. The third-order valence-electron chi connectivity index (χ3n) is 1.46. The highest BCUT2D eigenvalue weighted by atomic mass is 16.2. The van der Waals surface area contributed by atoms with Crippen LogP contribution in [0.3, 0.4) is 0 Å². The summed E-state index contributed by atoms with van der Waals surface area (Å²) >= 11 is 0. The fraction of sp³-hybridized carbons (Fsp3) is 0.400. The first-order valence-corrected chi connectivity index (χ1v) is 3.26. The van der Waals surface area contributed by atoms with E-state index in [4.69, 9.17) is 5.84 Å². The van der Waals surface area contributed by atoms with E-state index in [1.54, 1.807) is 0 Å². The highest BCUT2D eigenvalue weighted by Crippen LogP contribution is 1.76. The minimum Gasteiger partial charge on any atom is -0.352 e. The van der Waals surface area contributed by atoms with Gasteiger partial charge in [-0.2, -0.15) is 4.68 Å². The van der Waals surface area contributed by atoms with Gasteiger partial charge in [-0.1, -0.05) is 5.21 Å². The zero-order valence-electron chi connectivity index (χ0n) is 6.79. The maximum atomic E-state index is 11.1. The van der Waals surface area contributed by atoms with Crippen LogP contribution in [-0.2, 0) is 7.05 Å². The molecular formula is C5H10N5O2+. The van der Waals surface area contributed by atoms with Crippen molar-refractivity contribution in [3.63, 3.8) is 0 Å². The lowest BCUT2D eigenvalue weighted by atomic mass is 10.4. The van der Waals surface area contributed by atoms with Gasteiger partial charge in [0.15, 0.2) is 0 Å². The molecule has 0 spiro atoms. The number of nitrogens with two attached hydrogens (primary N) is 1. The monoisotopic (exact) mass is 172 g/mol. The Morgan fingerprint density at radius 3 is 2.67 bits per heavy atom. The van der Waals surface area contributed by atoms with Gasteiger partial charge in [0, 0.05) is 7.05 Å². The second-order valence-electron chi connectivity index (χ2n) is 2.26. The Kier molecular flexibility index (Phi) is 1.86. The van der Waals surface area contributed by atoms with Crippen molar-refractivity contribution >= 4 is 5.91 Å². The second-order valence-corrected chi connectivity index (χ2v) is 2.26. The van der Waals surface area contributed by atoms with Crippen LogP contribution >= 0.6 is 0 Å². The molecule has 0 saturated carbocycles. The molecule has 0 fully saturated rings. The molecule has 1 heterocycles. The molecule has 0 aliphatic rings. The minimum absolute atomic E-state index is 0.0278. The van der Waals surface area contributed by atoms with Crippen LogP contribution in [0.4, 0.5) is 0 Å². The van der Waals surface area contributed by atoms with Crippen LogP contribution in [0.25, 0.3) is 0 Å². The first-order valence-electron chi connectivity index (χ1n) is 3.26. The summed E-state index contributed by atoms with van der Waals surface area (Å²) < 4.78 is 1.25. The van der Waals surface area contributed by atoms with Gasteiger partial charge in [0.25, 0.3) is 0 Å². The quantitative estimate of drug-likeness (QED) is 0.312. The molecule has 1 aromatic rings. The number of amides is 1. The highest BCUT2D eigenvalue weighted by Gasteiger charge is 2.23. The van der Waals surface area contributed by atoms with Crippen LogP contribution in [0.2, 0.25) is 0 Å². The third-order valence-corrected chi connectivity index (χ3v) is 1.46. The van der Waals surface area contributed by atoms with Gasteiger partial charge in [-0.05, 0) is 4.79 Å². The number of rotatable bonds is 1. The number of nitrogen functional groups attached to an aromatic ring is 1. The van der Waals surface area contributed by atoms with E-state index in [1.165, 1.54) is 18.8 Å². The summed E-state index contributed by atoms with van der Waals surface area (Å²) in [5.41, 5.74) is -0.586. The Morgan fingerprint density at radius 2 is 2.33 bits per heavy atom. The lowest BCUT2D eigenvalue weighted by Gasteiger charge is -1.89. The van der Waals surface area contributed by atoms with Gasteiger partial charge in [0.1, 0.15) is 7.05 Å². The first-order chi connectivity index (χ1) is 5.57. The fourth-order valence-corrected chi connectivity index (χ4v) is 0.882. The van der Waals surface area contributed by atoms with Gasteiger partial charge in [-0.3, -0.25) is 4.79 Å². The van der Waals surface area contributed by atoms with Crippen molar-refractivity contribution in [1.82, 2.24) is 15.3 Å². The van der Waals surface area contributed by atoms with E-state index in [1.807, 2.05) is 0 Å². The number of carbonyl (C=O) groups is 1. The summed E-state index contributed by atoms with van der Waals surface area (Å²) in [6, 6.07) is 0. The van der Waals surface area contributed by atoms with Gasteiger partial charge in [-0.15, -0.1) is 0 Å². The van der Waals surface area contributed by atoms with E-state index in [0.717, 1.165) is 4.79 Å². The Morgan fingerprint density at radius 1 is 1.75 bits per heavy atom. The Bertz CT molecular complexity index is 362. The number of aryl methyl sites for hydroxylation is 1. The topological polar surface area (TPSA) is 96.8 Å². The predicted octanol–water partition coefficient (Wildman–Crippen LogP) is -2.93. The lowest BCUT2D eigenvalue weighted by Crippen LogP contribution is -2.42. The van der Waals surface area contributed by atoms with Gasteiger partial charge < -0.3 is 5.32 Å². The molecule has 66 valence electrons. The van der Waals surface area contributed by atoms with Crippen molar-refractivity contribution in [3.8, 4) is 0 Å². The van der Waals surface area contributed by atoms with Crippen molar-refractivity contribution in [3.05, 3.63) is 16.0 Å². The average Bonchev–Trinajstić information content (AvgIpc) is 2.26. The van der Waals surface area contributed by atoms with E-state index in [0.29, 0.717) is 0 Å². The SMILES string of the molecule is CNC(=O)c1c(=O)n(N)[nH][n+]1C. The minimum atomic E-state index is -0.558. The molecule has 0 radical (unpaired) electrons. The number of nitrogens with one attached hydrogen (secondary N) is 2. The van der Waals surface area contributed by atoms with E-state index in [2.05, 4.69) is 10.5 Å². The van der Waals surface area contributed by atoms with E-state index >= 15 is 0 Å². The average molecular weight is 172 g/mol. The molecule has 12 heavy (non-hydrogen) atoms. The zero-order valence-corrected chi connectivity index (χ0v) is 6.79. The van der Waals surface area contributed by atoms with Crippen molar-refractivity contribution in [2.45, 2.75) is 0 Å². The summed E-state index contributed by atoms with van der Waals surface area (Å²) in [4.78, 5) is 22.9. The fourth-order valence-electron chi connectivity index (χ4n) is 0.882. The number of H-pyrrole nitrogens is 1. The molecule has 1 amide bonds. The van der Waals surface area contributed by atoms with Crippen LogP contribution in [0.1, 0.15) is 10.5 Å². The zero-order chi connectivity index (χ0) is 9.30. The molecule has 4 N–H and O–H groups in total. The molecular weight excluding hydrogens is 162 g/mol. The van der Waals surface area contributed by atoms with E-state index in [9.17, 15) is 9.59 Å². The number of carbonyl (C=O) groups excluding carboxylic acids is 1. The van der Waals surface area contributed by atoms with Gasteiger partial charge in [0.2, 0.25) is 0 Å². The Balaban J connectivity index is 3.32. The Labute approximate surface area is 67.7 Å². The van der Waals surface area contributed by atoms with Crippen molar-refractivity contribution in [2.24, 2.45) is 7.05 Å². The maximum Gasteiger partial charge on any atom is 0.429 e.